The predicted octanol–water partition coefficient (Wildman–Crippen LogP) is 2.84. The lowest BCUT2D eigenvalue weighted by Gasteiger charge is -2.14. The van der Waals surface area contributed by atoms with Crippen LogP contribution in [0.25, 0.3) is 0 Å². The number of esters is 1. The van der Waals surface area contributed by atoms with E-state index in [-0.39, 0.29) is 36.8 Å². The summed E-state index contributed by atoms with van der Waals surface area (Å²) >= 11 is 0. The molecule has 0 aliphatic carbocycles. The lowest BCUT2D eigenvalue weighted by atomic mass is 10.2. The maximum Gasteiger partial charge on any atom is 0.338 e. The van der Waals surface area contributed by atoms with E-state index in [0.717, 1.165) is 4.90 Å². The van der Waals surface area contributed by atoms with Crippen molar-refractivity contribution in [2.75, 3.05) is 12.0 Å². The molecule has 3 rings (SSSR count). The van der Waals surface area contributed by atoms with E-state index in [2.05, 4.69) is 0 Å². The van der Waals surface area contributed by atoms with E-state index in [4.69, 9.17) is 9.47 Å². The number of imide groups is 1. The molecule has 2 aromatic rings. The molecule has 0 spiro atoms. The van der Waals surface area contributed by atoms with Crippen LogP contribution in [0.2, 0.25) is 0 Å². The highest BCUT2D eigenvalue weighted by molar-refractivity contribution is 6.19. The summed E-state index contributed by atoms with van der Waals surface area (Å²) in [5, 5.41) is 0. The smallest absolute Gasteiger partial charge is 0.338 e. The molecular weight excluding hydrogens is 341 g/mol. The molecule has 1 saturated heterocycles. The Balaban J connectivity index is 1.68. The fourth-order valence-corrected chi connectivity index (χ4v) is 2.70. The lowest BCUT2D eigenvalue weighted by molar-refractivity contribution is -0.121. The minimum atomic E-state index is -0.609. The highest BCUT2D eigenvalue weighted by atomic mass is 19.1. The van der Waals surface area contributed by atoms with Crippen LogP contribution in [0.5, 0.6) is 5.75 Å². The molecule has 1 aliphatic rings. The van der Waals surface area contributed by atoms with Crippen LogP contribution in [0.1, 0.15) is 28.8 Å². The number of hydrogen-bond donors (Lipinski definition) is 0. The van der Waals surface area contributed by atoms with Crippen molar-refractivity contribution in [3.63, 3.8) is 0 Å². The molecular formula is C19H16FNO5. The van der Waals surface area contributed by atoms with E-state index in [1.54, 1.807) is 0 Å². The van der Waals surface area contributed by atoms with Crippen LogP contribution in [-0.4, -0.2) is 24.9 Å². The van der Waals surface area contributed by atoms with Crippen LogP contribution in [-0.2, 0) is 20.9 Å². The molecule has 1 aliphatic heterocycles. The molecule has 0 radical (unpaired) electrons. The highest BCUT2D eigenvalue weighted by Gasteiger charge is 2.30. The fourth-order valence-electron chi connectivity index (χ4n) is 2.70. The monoisotopic (exact) mass is 357 g/mol. The summed E-state index contributed by atoms with van der Waals surface area (Å²) in [7, 11) is 1.44. The van der Waals surface area contributed by atoms with Crippen molar-refractivity contribution in [3.05, 3.63) is 59.4 Å². The number of halogens is 1. The Morgan fingerprint density at radius 1 is 1.08 bits per heavy atom. The van der Waals surface area contributed by atoms with Crippen molar-refractivity contribution < 1.29 is 28.2 Å². The second-order valence-electron chi connectivity index (χ2n) is 5.70. The van der Waals surface area contributed by atoms with Gasteiger partial charge in [0.05, 0.1) is 18.4 Å². The van der Waals surface area contributed by atoms with Crippen LogP contribution < -0.4 is 9.64 Å². The number of nitrogens with zero attached hydrogens (tertiary/aromatic N) is 1. The maximum absolute atomic E-state index is 13.3. The Bertz CT molecular complexity index is 847. The number of rotatable bonds is 5. The molecule has 1 fully saturated rings. The first-order valence-corrected chi connectivity index (χ1v) is 7.95. The average Bonchev–Trinajstić information content (AvgIpc) is 2.98. The summed E-state index contributed by atoms with van der Waals surface area (Å²) in [6.07, 6.45) is 0.385. The molecule has 134 valence electrons. The van der Waals surface area contributed by atoms with Crippen LogP contribution in [0.3, 0.4) is 0 Å². The molecule has 2 amide bonds. The van der Waals surface area contributed by atoms with Crippen molar-refractivity contribution in [3.8, 4) is 5.75 Å². The van der Waals surface area contributed by atoms with Crippen LogP contribution in [0.4, 0.5) is 10.1 Å². The van der Waals surface area contributed by atoms with Crippen molar-refractivity contribution in [2.45, 2.75) is 19.4 Å². The van der Waals surface area contributed by atoms with Gasteiger partial charge in [-0.25, -0.2) is 9.18 Å². The van der Waals surface area contributed by atoms with E-state index in [1.807, 2.05) is 0 Å². The third-order valence-electron chi connectivity index (χ3n) is 4.01. The Morgan fingerprint density at radius 2 is 1.73 bits per heavy atom. The first-order chi connectivity index (χ1) is 12.5. The number of amides is 2. The standard InChI is InChI=1S/C19H16FNO5/c1-25-16-7-4-14(20)10-13(16)11-26-19(24)12-2-5-15(6-3-12)21-17(22)8-9-18(21)23/h2-7,10H,8-9,11H2,1H3. The van der Waals surface area contributed by atoms with E-state index >= 15 is 0 Å². The summed E-state index contributed by atoms with van der Waals surface area (Å²) in [5.74, 6) is -1.17. The molecule has 7 heteroatoms. The zero-order chi connectivity index (χ0) is 18.7. The van der Waals surface area contributed by atoms with Gasteiger partial charge in [-0.15, -0.1) is 0 Å². The van der Waals surface area contributed by atoms with E-state index in [0.29, 0.717) is 17.0 Å². The SMILES string of the molecule is COc1ccc(F)cc1COC(=O)c1ccc(N2C(=O)CCC2=O)cc1. The second-order valence-corrected chi connectivity index (χ2v) is 5.70. The molecule has 0 N–H and O–H groups in total. The average molecular weight is 357 g/mol. The molecule has 0 atom stereocenters. The highest BCUT2D eigenvalue weighted by Crippen LogP contribution is 2.24. The number of benzene rings is 2. The zero-order valence-corrected chi connectivity index (χ0v) is 14.0. The minimum absolute atomic E-state index is 0.148. The molecule has 0 bridgehead atoms. The van der Waals surface area contributed by atoms with Crippen molar-refractivity contribution in [2.24, 2.45) is 0 Å². The van der Waals surface area contributed by atoms with Crippen LogP contribution >= 0.6 is 0 Å². The first kappa shape index (κ1) is 17.6. The van der Waals surface area contributed by atoms with Gasteiger partial charge in [-0.1, -0.05) is 0 Å². The Labute approximate surface area is 149 Å². The quantitative estimate of drug-likeness (QED) is 0.608. The summed E-state index contributed by atoms with van der Waals surface area (Å²) in [4.78, 5) is 36.7. The second kappa shape index (κ2) is 7.35. The Hall–Kier alpha value is -3.22. The predicted molar refractivity (Wildman–Crippen MR) is 90.2 cm³/mol. The van der Waals surface area contributed by atoms with Gasteiger partial charge < -0.3 is 9.47 Å². The first-order valence-electron chi connectivity index (χ1n) is 7.95. The Morgan fingerprint density at radius 3 is 2.35 bits per heavy atom. The largest absolute Gasteiger partial charge is 0.496 e. The van der Waals surface area contributed by atoms with Crippen LogP contribution in [0, 0.1) is 5.82 Å². The topological polar surface area (TPSA) is 72.9 Å². The van der Waals surface area contributed by atoms with E-state index < -0.39 is 11.8 Å². The van der Waals surface area contributed by atoms with Gasteiger partial charge in [0.15, 0.2) is 0 Å². The van der Waals surface area contributed by atoms with Gasteiger partial charge in [-0.2, -0.15) is 0 Å². The van der Waals surface area contributed by atoms with Crippen molar-refractivity contribution in [1.29, 1.82) is 0 Å². The van der Waals surface area contributed by atoms with Crippen LogP contribution in [0.15, 0.2) is 42.5 Å². The molecule has 6 nitrogen and oxygen atoms in total. The number of carbonyl (C=O) groups excluding carboxylic acids is 3. The summed E-state index contributed by atoms with van der Waals surface area (Å²) in [6, 6.07) is 9.92. The van der Waals surface area contributed by atoms with Gasteiger partial charge in [-0.3, -0.25) is 14.5 Å². The van der Waals surface area contributed by atoms with E-state index in [1.165, 1.54) is 49.6 Å². The Kier molecular flexibility index (Phi) is 4.97. The van der Waals surface area contributed by atoms with Crippen molar-refractivity contribution >= 4 is 23.5 Å². The lowest BCUT2D eigenvalue weighted by Crippen LogP contribution is -2.28. The number of hydrogen-bond acceptors (Lipinski definition) is 5. The molecule has 26 heavy (non-hydrogen) atoms. The third-order valence-corrected chi connectivity index (χ3v) is 4.01. The maximum atomic E-state index is 13.3. The number of ether oxygens (including phenoxy) is 2. The molecule has 0 aromatic heterocycles. The van der Waals surface area contributed by atoms with Gasteiger partial charge in [0.2, 0.25) is 11.8 Å². The van der Waals surface area contributed by atoms with Gasteiger partial charge in [0, 0.05) is 18.4 Å². The molecule has 2 aromatic carbocycles. The normalized spacial score (nSPS) is 13.8. The summed E-state index contributed by atoms with van der Waals surface area (Å²) in [6.45, 7) is -0.148. The van der Waals surface area contributed by atoms with Gasteiger partial charge in [-0.05, 0) is 42.5 Å². The summed E-state index contributed by atoms with van der Waals surface area (Å²) in [5.41, 5.74) is 1.08. The summed E-state index contributed by atoms with van der Waals surface area (Å²) < 4.78 is 23.6. The van der Waals surface area contributed by atoms with Crippen molar-refractivity contribution in [1.82, 2.24) is 0 Å². The molecule has 0 unspecified atom stereocenters. The van der Waals surface area contributed by atoms with Gasteiger partial charge in [0.25, 0.3) is 0 Å². The molecule has 0 saturated carbocycles. The number of anilines is 1. The number of carbonyl (C=O) groups is 3. The molecule has 1 heterocycles. The zero-order valence-electron chi connectivity index (χ0n) is 14.0. The minimum Gasteiger partial charge on any atom is -0.496 e. The van der Waals surface area contributed by atoms with E-state index in [9.17, 15) is 18.8 Å². The van der Waals surface area contributed by atoms with Gasteiger partial charge >= 0.3 is 5.97 Å². The van der Waals surface area contributed by atoms with Gasteiger partial charge in [0.1, 0.15) is 18.2 Å². The third kappa shape index (κ3) is 3.56. The fraction of sp³-hybridized carbons (Fsp3) is 0.211. The number of methoxy groups -OCH3 is 1.